The van der Waals surface area contributed by atoms with Gasteiger partial charge in [-0.1, -0.05) is 52.7 Å². The van der Waals surface area contributed by atoms with Crippen LogP contribution < -0.4 is 0 Å². The molecule has 13 heavy (non-hydrogen) atoms. The molecule has 0 aliphatic rings. The van der Waals surface area contributed by atoms with Gasteiger partial charge in [-0.25, -0.2) is 0 Å². The Bertz CT molecular complexity index is 163. The first-order valence-corrected chi connectivity index (χ1v) is 5.68. The maximum absolute atomic E-state index is 2.39. The lowest BCUT2D eigenvalue weighted by atomic mass is 9.71. The van der Waals surface area contributed by atoms with Crippen LogP contribution in [0, 0.1) is 11.3 Å². The van der Waals surface area contributed by atoms with Crippen molar-refractivity contribution in [1.82, 2.24) is 0 Å². The van der Waals surface area contributed by atoms with Gasteiger partial charge in [-0.05, 0) is 31.1 Å². The Balaban J connectivity index is 4.68. The van der Waals surface area contributed by atoms with E-state index in [4.69, 9.17) is 0 Å². The highest BCUT2D eigenvalue weighted by Gasteiger charge is 2.27. The zero-order chi connectivity index (χ0) is 10.5. The van der Waals surface area contributed by atoms with Gasteiger partial charge in [-0.2, -0.15) is 0 Å². The Morgan fingerprint density at radius 1 is 1.23 bits per heavy atom. The van der Waals surface area contributed by atoms with Crippen LogP contribution in [-0.4, -0.2) is 0 Å². The third kappa shape index (κ3) is 3.17. The second-order valence-electron chi connectivity index (χ2n) is 4.52. The van der Waals surface area contributed by atoms with Crippen molar-refractivity contribution < 1.29 is 0 Å². The molecule has 0 aromatic carbocycles. The molecule has 0 N–H and O–H groups in total. The second kappa shape index (κ2) is 5.47. The summed E-state index contributed by atoms with van der Waals surface area (Å²) in [5.74, 6) is 0.771. The lowest BCUT2D eigenvalue weighted by molar-refractivity contribution is 0.227. The third-order valence-electron chi connectivity index (χ3n) is 3.49. The van der Waals surface area contributed by atoms with Gasteiger partial charge in [0.2, 0.25) is 0 Å². The third-order valence-corrected chi connectivity index (χ3v) is 3.49. The Morgan fingerprint density at radius 3 is 2.00 bits per heavy atom. The van der Waals surface area contributed by atoms with Crippen molar-refractivity contribution in [3.63, 3.8) is 0 Å². The SMILES string of the molecule is CC=C(CC)C(CC)C(C)(C)CC. The lowest BCUT2D eigenvalue weighted by Crippen LogP contribution is -2.24. The second-order valence-corrected chi connectivity index (χ2v) is 4.52. The highest BCUT2D eigenvalue weighted by molar-refractivity contribution is 5.08. The molecule has 0 aromatic rings. The Morgan fingerprint density at radius 2 is 1.77 bits per heavy atom. The summed E-state index contributed by atoms with van der Waals surface area (Å²) in [5, 5.41) is 0. The quantitative estimate of drug-likeness (QED) is 0.535. The molecule has 0 saturated carbocycles. The van der Waals surface area contributed by atoms with Gasteiger partial charge in [0, 0.05) is 0 Å². The lowest BCUT2D eigenvalue weighted by Gasteiger charge is -2.34. The molecule has 0 aliphatic carbocycles. The monoisotopic (exact) mass is 182 g/mol. The summed E-state index contributed by atoms with van der Waals surface area (Å²) in [7, 11) is 0. The van der Waals surface area contributed by atoms with Crippen molar-refractivity contribution >= 4 is 0 Å². The zero-order valence-electron chi connectivity index (χ0n) is 10.3. The Kier molecular flexibility index (Phi) is 5.36. The van der Waals surface area contributed by atoms with Crippen LogP contribution in [0.4, 0.5) is 0 Å². The summed E-state index contributed by atoms with van der Waals surface area (Å²) in [4.78, 5) is 0. The van der Waals surface area contributed by atoms with Crippen LogP contribution in [0.5, 0.6) is 0 Å². The zero-order valence-corrected chi connectivity index (χ0v) is 10.3. The van der Waals surface area contributed by atoms with Gasteiger partial charge < -0.3 is 0 Å². The Hall–Kier alpha value is -0.260. The predicted molar refractivity (Wildman–Crippen MR) is 61.9 cm³/mol. The summed E-state index contributed by atoms with van der Waals surface area (Å²) < 4.78 is 0. The van der Waals surface area contributed by atoms with E-state index in [1.165, 1.54) is 19.3 Å². The molecule has 0 bridgehead atoms. The highest BCUT2D eigenvalue weighted by Crippen LogP contribution is 2.38. The topological polar surface area (TPSA) is 0 Å². The van der Waals surface area contributed by atoms with Gasteiger partial charge in [-0.15, -0.1) is 0 Å². The van der Waals surface area contributed by atoms with Gasteiger partial charge >= 0.3 is 0 Å². The molecule has 0 spiro atoms. The largest absolute Gasteiger partial charge is 0.0882 e. The molecule has 0 fully saturated rings. The van der Waals surface area contributed by atoms with Gasteiger partial charge in [0.1, 0.15) is 0 Å². The van der Waals surface area contributed by atoms with Crippen LogP contribution in [0.25, 0.3) is 0 Å². The van der Waals surface area contributed by atoms with Crippen molar-refractivity contribution in [2.45, 2.75) is 60.8 Å². The molecule has 1 unspecified atom stereocenters. The molecular formula is C13H26. The fourth-order valence-electron chi connectivity index (χ4n) is 2.21. The molecular weight excluding hydrogens is 156 g/mol. The maximum Gasteiger partial charge on any atom is -0.0155 e. The molecule has 0 aliphatic heterocycles. The van der Waals surface area contributed by atoms with Crippen LogP contribution >= 0.6 is 0 Å². The van der Waals surface area contributed by atoms with Gasteiger partial charge in [0.25, 0.3) is 0 Å². The normalized spacial score (nSPS) is 16.0. The van der Waals surface area contributed by atoms with Crippen LogP contribution in [-0.2, 0) is 0 Å². The molecule has 0 aromatic heterocycles. The standard InChI is InChI=1S/C13H26/c1-7-11(8-2)12(9-3)13(5,6)10-4/h7,12H,8-10H2,1-6H3. The minimum absolute atomic E-state index is 0.465. The summed E-state index contributed by atoms with van der Waals surface area (Å²) in [6, 6.07) is 0. The van der Waals surface area contributed by atoms with Crippen LogP contribution in [0.1, 0.15) is 60.8 Å². The first-order chi connectivity index (χ1) is 6.03. The van der Waals surface area contributed by atoms with E-state index < -0.39 is 0 Å². The summed E-state index contributed by atoms with van der Waals surface area (Å²) in [6.45, 7) is 13.8. The van der Waals surface area contributed by atoms with Crippen molar-refractivity contribution in [3.8, 4) is 0 Å². The Labute approximate surface area is 84.4 Å². The number of hydrogen-bond acceptors (Lipinski definition) is 0. The van der Waals surface area contributed by atoms with E-state index in [0.717, 1.165) is 5.92 Å². The molecule has 0 heterocycles. The average molecular weight is 182 g/mol. The summed E-state index contributed by atoms with van der Waals surface area (Å²) in [5.41, 5.74) is 2.10. The van der Waals surface area contributed by atoms with Crippen molar-refractivity contribution in [2.24, 2.45) is 11.3 Å². The first kappa shape index (κ1) is 12.7. The smallest absolute Gasteiger partial charge is 0.0155 e. The first-order valence-electron chi connectivity index (χ1n) is 5.68. The van der Waals surface area contributed by atoms with E-state index in [1.54, 1.807) is 5.57 Å². The van der Waals surface area contributed by atoms with Gasteiger partial charge in [0.15, 0.2) is 0 Å². The van der Waals surface area contributed by atoms with Crippen molar-refractivity contribution in [1.29, 1.82) is 0 Å². The van der Waals surface area contributed by atoms with Gasteiger partial charge in [-0.3, -0.25) is 0 Å². The molecule has 0 amide bonds. The van der Waals surface area contributed by atoms with Crippen LogP contribution in [0.15, 0.2) is 11.6 Å². The van der Waals surface area contributed by atoms with Crippen molar-refractivity contribution in [3.05, 3.63) is 11.6 Å². The highest BCUT2D eigenvalue weighted by atomic mass is 14.3. The molecule has 0 nitrogen and oxygen atoms in total. The fraction of sp³-hybridized carbons (Fsp3) is 0.846. The molecule has 78 valence electrons. The summed E-state index contributed by atoms with van der Waals surface area (Å²) in [6.07, 6.45) is 6.06. The maximum atomic E-state index is 2.39. The van der Waals surface area contributed by atoms with Crippen LogP contribution in [0.2, 0.25) is 0 Å². The average Bonchev–Trinajstić information content (AvgIpc) is 2.13. The van der Waals surface area contributed by atoms with E-state index in [1.807, 2.05) is 0 Å². The predicted octanol–water partition coefficient (Wildman–Crippen LogP) is 4.81. The summed E-state index contributed by atoms with van der Waals surface area (Å²) >= 11 is 0. The van der Waals surface area contributed by atoms with Crippen molar-refractivity contribution in [2.75, 3.05) is 0 Å². The van der Waals surface area contributed by atoms with Gasteiger partial charge in [0.05, 0.1) is 0 Å². The molecule has 0 saturated heterocycles. The molecule has 1 atom stereocenters. The van der Waals surface area contributed by atoms with E-state index in [9.17, 15) is 0 Å². The minimum atomic E-state index is 0.465. The molecule has 0 rings (SSSR count). The fourth-order valence-corrected chi connectivity index (χ4v) is 2.21. The molecule has 0 radical (unpaired) electrons. The van der Waals surface area contributed by atoms with E-state index in [-0.39, 0.29) is 0 Å². The van der Waals surface area contributed by atoms with E-state index >= 15 is 0 Å². The minimum Gasteiger partial charge on any atom is -0.0882 e. The van der Waals surface area contributed by atoms with E-state index in [0.29, 0.717) is 5.41 Å². The number of rotatable bonds is 5. The van der Waals surface area contributed by atoms with Crippen LogP contribution in [0.3, 0.4) is 0 Å². The molecule has 0 heteroatoms. The van der Waals surface area contributed by atoms with E-state index in [2.05, 4.69) is 47.6 Å². The number of allylic oxidation sites excluding steroid dienone is 2. The number of hydrogen-bond donors (Lipinski definition) is 0.